The predicted octanol–water partition coefficient (Wildman–Crippen LogP) is 3.99. The third-order valence-electron chi connectivity index (χ3n) is 4.27. The average Bonchev–Trinajstić information content (AvgIpc) is 2.77. The van der Waals surface area contributed by atoms with Gasteiger partial charge < -0.3 is 14.6 Å². The Morgan fingerprint density at radius 3 is 2.52 bits per heavy atom. The zero-order valence-corrected chi connectivity index (χ0v) is 16.3. The number of rotatable bonds is 7. The lowest BCUT2D eigenvalue weighted by molar-refractivity contribution is -0.123. The first-order chi connectivity index (χ1) is 14.1. The van der Waals surface area contributed by atoms with Gasteiger partial charge in [-0.05, 0) is 36.8 Å². The predicted molar refractivity (Wildman–Crippen MR) is 112 cm³/mol. The number of hydrogen-bond acceptors (Lipinski definition) is 5. The van der Waals surface area contributed by atoms with E-state index in [2.05, 4.69) is 10.5 Å². The summed E-state index contributed by atoms with van der Waals surface area (Å²) in [6, 6.07) is 22.1. The Labute approximate surface area is 169 Å². The highest BCUT2D eigenvalue weighted by molar-refractivity contribution is 6.01. The van der Waals surface area contributed by atoms with Gasteiger partial charge in [0.2, 0.25) is 0 Å². The van der Waals surface area contributed by atoms with Gasteiger partial charge in [0.25, 0.3) is 5.91 Å². The summed E-state index contributed by atoms with van der Waals surface area (Å²) in [4.78, 5) is 12.2. The van der Waals surface area contributed by atoms with E-state index in [1.165, 1.54) is 13.2 Å². The lowest BCUT2D eigenvalue weighted by Gasteiger charge is -2.11. The zero-order chi connectivity index (χ0) is 20.6. The second-order valence-electron chi connectivity index (χ2n) is 6.27. The molecule has 3 aromatic carbocycles. The van der Waals surface area contributed by atoms with Gasteiger partial charge >= 0.3 is 0 Å². The van der Waals surface area contributed by atoms with E-state index in [0.717, 1.165) is 11.1 Å². The summed E-state index contributed by atoms with van der Waals surface area (Å²) in [5.41, 5.74) is 5.27. The highest BCUT2D eigenvalue weighted by Gasteiger charge is 2.10. The van der Waals surface area contributed by atoms with Crippen molar-refractivity contribution in [3.63, 3.8) is 0 Å². The van der Waals surface area contributed by atoms with Crippen molar-refractivity contribution in [2.24, 2.45) is 5.10 Å². The third kappa shape index (κ3) is 5.13. The van der Waals surface area contributed by atoms with E-state index in [9.17, 15) is 9.90 Å². The van der Waals surface area contributed by atoms with Crippen molar-refractivity contribution in [2.45, 2.75) is 6.92 Å². The number of nitrogens with one attached hydrogen (secondary N) is 1. The molecule has 0 aliphatic carbocycles. The van der Waals surface area contributed by atoms with E-state index in [4.69, 9.17) is 9.47 Å². The normalized spacial score (nSPS) is 11.0. The zero-order valence-electron chi connectivity index (χ0n) is 16.3. The van der Waals surface area contributed by atoms with E-state index in [1.54, 1.807) is 19.1 Å². The molecule has 0 bridgehead atoms. The fourth-order valence-electron chi connectivity index (χ4n) is 2.76. The van der Waals surface area contributed by atoms with Crippen LogP contribution < -0.4 is 14.9 Å². The summed E-state index contributed by atoms with van der Waals surface area (Å²) in [6.45, 7) is 1.49. The van der Waals surface area contributed by atoms with Gasteiger partial charge in [0, 0.05) is 11.1 Å². The van der Waals surface area contributed by atoms with E-state index in [1.807, 2.05) is 54.6 Å². The average molecular weight is 390 g/mol. The fourth-order valence-corrected chi connectivity index (χ4v) is 2.76. The molecule has 0 atom stereocenters. The van der Waals surface area contributed by atoms with Crippen LogP contribution in [-0.4, -0.2) is 30.4 Å². The Bertz CT molecular complexity index is 1020. The lowest BCUT2D eigenvalue weighted by atomic mass is 10.1. The number of para-hydroxylation sites is 1. The number of carbonyl (C=O) groups is 1. The quantitative estimate of drug-likeness (QED) is 0.472. The number of benzene rings is 3. The highest BCUT2D eigenvalue weighted by atomic mass is 16.5. The molecule has 0 fully saturated rings. The molecular formula is C23H22N2O4. The van der Waals surface area contributed by atoms with Crippen LogP contribution in [0.5, 0.6) is 17.2 Å². The van der Waals surface area contributed by atoms with Crippen molar-refractivity contribution in [3.05, 3.63) is 78.4 Å². The van der Waals surface area contributed by atoms with Crippen molar-refractivity contribution in [3.8, 4) is 28.4 Å². The maximum Gasteiger partial charge on any atom is 0.277 e. The first-order valence-corrected chi connectivity index (χ1v) is 9.06. The van der Waals surface area contributed by atoms with Crippen LogP contribution in [0.1, 0.15) is 12.5 Å². The van der Waals surface area contributed by atoms with E-state index in [0.29, 0.717) is 22.8 Å². The molecule has 0 radical (unpaired) electrons. The maximum atomic E-state index is 12.2. The smallest absolute Gasteiger partial charge is 0.277 e. The number of hydrogen-bond donors (Lipinski definition) is 2. The van der Waals surface area contributed by atoms with Crippen LogP contribution in [0.15, 0.2) is 77.9 Å². The number of nitrogens with zero attached hydrogens (tertiary/aromatic N) is 1. The minimum absolute atomic E-state index is 0.0503. The summed E-state index contributed by atoms with van der Waals surface area (Å²) in [7, 11) is 1.54. The van der Waals surface area contributed by atoms with Gasteiger partial charge in [-0.2, -0.15) is 5.10 Å². The van der Waals surface area contributed by atoms with Gasteiger partial charge in [0.1, 0.15) is 17.2 Å². The molecule has 0 saturated heterocycles. The summed E-state index contributed by atoms with van der Waals surface area (Å²) in [6.07, 6.45) is 0. The Morgan fingerprint density at radius 2 is 1.76 bits per heavy atom. The van der Waals surface area contributed by atoms with E-state index >= 15 is 0 Å². The molecule has 3 rings (SSSR count). The minimum atomic E-state index is -0.408. The molecule has 0 heterocycles. The lowest BCUT2D eigenvalue weighted by Crippen LogP contribution is -2.25. The minimum Gasteiger partial charge on any atom is -0.507 e. The topological polar surface area (TPSA) is 80.2 Å². The first kappa shape index (κ1) is 19.9. The Kier molecular flexibility index (Phi) is 6.47. The second kappa shape index (κ2) is 9.41. The van der Waals surface area contributed by atoms with Crippen molar-refractivity contribution in [2.75, 3.05) is 13.7 Å². The van der Waals surface area contributed by atoms with Crippen LogP contribution in [0.2, 0.25) is 0 Å². The molecule has 0 saturated carbocycles. The number of amides is 1. The van der Waals surface area contributed by atoms with Crippen molar-refractivity contribution in [1.29, 1.82) is 0 Å². The molecule has 6 nitrogen and oxygen atoms in total. The molecule has 3 aromatic rings. The number of phenolic OH excluding ortho intramolecular Hbond substituents is 1. The van der Waals surface area contributed by atoms with Crippen LogP contribution in [-0.2, 0) is 4.79 Å². The van der Waals surface area contributed by atoms with Gasteiger partial charge in [0.05, 0.1) is 12.8 Å². The molecule has 148 valence electrons. The standard InChI is InChI=1S/C23H22N2O4/c1-16(20-14-18(28-2)12-13-21(20)26)24-25-23(27)15-29-22-11-7-6-10-19(22)17-8-4-3-5-9-17/h3-14,26H,15H2,1-2H3,(H,25,27)/b24-16+. The third-order valence-corrected chi connectivity index (χ3v) is 4.27. The fraction of sp³-hybridized carbons (Fsp3) is 0.130. The molecular weight excluding hydrogens is 368 g/mol. The Hall–Kier alpha value is -3.80. The van der Waals surface area contributed by atoms with Gasteiger partial charge in [-0.1, -0.05) is 48.5 Å². The number of aromatic hydroxyl groups is 1. The molecule has 6 heteroatoms. The molecule has 29 heavy (non-hydrogen) atoms. The van der Waals surface area contributed by atoms with Gasteiger partial charge in [0.15, 0.2) is 6.61 Å². The molecule has 0 spiro atoms. The van der Waals surface area contributed by atoms with Gasteiger partial charge in [-0.15, -0.1) is 0 Å². The highest BCUT2D eigenvalue weighted by Crippen LogP contribution is 2.29. The molecule has 0 unspecified atom stereocenters. The van der Waals surface area contributed by atoms with Crippen LogP contribution >= 0.6 is 0 Å². The van der Waals surface area contributed by atoms with Crippen LogP contribution in [0.25, 0.3) is 11.1 Å². The van der Waals surface area contributed by atoms with Crippen LogP contribution in [0.4, 0.5) is 0 Å². The second-order valence-corrected chi connectivity index (χ2v) is 6.27. The van der Waals surface area contributed by atoms with Gasteiger partial charge in [-0.25, -0.2) is 5.43 Å². The van der Waals surface area contributed by atoms with E-state index < -0.39 is 5.91 Å². The first-order valence-electron chi connectivity index (χ1n) is 9.06. The summed E-state index contributed by atoms with van der Waals surface area (Å²) >= 11 is 0. The monoisotopic (exact) mass is 390 g/mol. The molecule has 0 aromatic heterocycles. The number of hydrazone groups is 1. The number of methoxy groups -OCH3 is 1. The largest absolute Gasteiger partial charge is 0.507 e. The van der Waals surface area contributed by atoms with Crippen molar-refractivity contribution in [1.82, 2.24) is 5.43 Å². The molecule has 0 aliphatic rings. The van der Waals surface area contributed by atoms with Crippen molar-refractivity contribution >= 4 is 11.6 Å². The van der Waals surface area contributed by atoms with Gasteiger partial charge in [-0.3, -0.25) is 4.79 Å². The Balaban J connectivity index is 1.65. The summed E-state index contributed by atoms with van der Waals surface area (Å²) in [5.74, 6) is 0.837. The maximum absolute atomic E-state index is 12.2. The van der Waals surface area contributed by atoms with Crippen LogP contribution in [0.3, 0.4) is 0 Å². The van der Waals surface area contributed by atoms with Crippen molar-refractivity contribution < 1.29 is 19.4 Å². The number of phenols is 1. The summed E-state index contributed by atoms with van der Waals surface area (Å²) in [5, 5.41) is 14.0. The Morgan fingerprint density at radius 1 is 1.03 bits per heavy atom. The SMILES string of the molecule is COc1ccc(O)c(/C(C)=N/NC(=O)COc2ccccc2-c2ccccc2)c1. The van der Waals surface area contributed by atoms with E-state index in [-0.39, 0.29) is 12.4 Å². The molecule has 2 N–H and O–H groups in total. The molecule has 1 amide bonds. The molecule has 0 aliphatic heterocycles. The summed E-state index contributed by atoms with van der Waals surface area (Å²) < 4.78 is 10.8. The number of carbonyl (C=O) groups excluding carboxylic acids is 1. The number of ether oxygens (including phenoxy) is 2. The van der Waals surface area contributed by atoms with Crippen LogP contribution in [0, 0.1) is 0 Å².